The summed E-state index contributed by atoms with van der Waals surface area (Å²) in [4.78, 5) is 98.7. The number of hydrogen-bond donors (Lipinski definition) is 2. The maximum atomic E-state index is 14.7. The van der Waals surface area contributed by atoms with Crippen molar-refractivity contribution in [2.45, 2.75) is 110 Å². The molecule has 6 atom stereocenters. The lowest BCUT2D eigenvalue weighted by Crippen LogP contribution is -2.57. The van der Waals surface area contributed by atoms with E-state index in [1.165, 1.54) is 4.90 Å². The van der Waals surface area contributed by atoms with Crippen molar-refractivity contribution in [2.24, 2.45) is 35.0 Å². The third kappa shape index (κ3) is 9.64. The molecule has 12 nitrogen and oxygen atoms in total. The van der Waals surface area contributed by atoms with Gasteiger partial charge in [0, 0.05) is 45.8 Å². The van der Waals surface area contributed by atoms with Crippen LogP contribution in [0.1, 0.15) is 95.9 Å². The first-order valence-electron chi connectivity index (χ1n) is 20.4. The second-order valence-corrected chi connectivity index (χ2v) is 18.4. The van der Waals surface area contributed by atoms with Gasteiger partial charge in [-0.15, -0.1) is 0 Å². The summed E-state index contributed by atoms with van der Waals surface area (Å²) in [6.07, 6.45) is 1.83. The van der Waals surface area contributed by atoms with E-state index in [0.717, 1.165) is 24.0 Å². The van der Waals surface area contributed by atoms with Crippen LogP contribution in [0.25, 0.3) is 0 Å². The number of Topliss-reactive ketones (excluding diaryl/α,β-unsaturated/α-hetero) is 3. The Morgan fingerprint density at radius 1 is 0.877 bits per heavy atom. The zero-order chi connectivity index (χ0) is 41.4. The van der Waals surface area contributed by atoms with E-state index in [1.54, 1.807) is 70.1 Å². The van der Waals surface area contributed by atoms with Crippen molar-refractivity contribution in [3.8, 4) is 0 Å². The standard InChI is InChI=1S/C45H58N4O8/c1-44(2,3)57-43(56)47-38(30-22-28-15-11-12-16-29(28)23-30)42(55)49-25-32-36(45(32,4)5)39(49)34(51)24-31(21-26-17-18-26)40(53)33(50)19-20-35(52)46-37(41(54)48(6)7)27-13-9-8-10-14-27/h8-16,26,30-32,36-39H,17-25H2,1-7H3,(H,46,52)(H,47,56)/t31?,32-,36-,37-,38-,39+/m0/s1. The molecule has 6 rings (SSSR count). The Labute approximate surface area is 335 Å². The fourth-order valence-corrected chi connectivity index (χ4v) is 9.11. The number of amides is 4. The number of piperidine rings is 1. The van der Waals surface area contributed by atoms with Crippen LogP contribution in [-0.4, -0.2) is 89.3 Å². The smallest absolute Gasteiger partial charge is 0.408 e. The summed E-state index contributed by atoms with van der Waals surface area (Å²) in [7, 11) is 3.18. The molecule has 0 radical (unpaired) electrons. The minimum Gasteiger partial charge on any atom is -0.444 e. The molecule has 4 amide bonds. The van der Waals surface area contributed by atoms with Crippen molar-refractivity contribution >= 4 is 41.2 Å². The van der Waals surface area contributed by atoms with Gasteiger partial charge in [0.1, 0.15) is 17.7 Å². The molecule has 0 spiro atoms. The molecular weight excluding hydrogens is 725 g/mol. The molecular formula is C45H58N4O8. The van der Waals surface area contributed by atoms with E-state index in [1.807, 2.05) is 24.3 Å². The molecule has 2 aromatic carbocycles. The number of rotatable bonds is 16. The number of likely N-dealkylation sites (N-methyl/N-ethyl adjacent to an activating group) is 1. The van der Waals surface area contributed by atoms with Crippen molar-refractivity contribution < 1.29 is 38.3 Å². The minimum atomic E-state index is -0.949. The molecule has 2 saturated carbocycles. The molecule has 2 aromatic rings. The molecule has 3 fully saturated rings. The van der Waals surface area contributed by atoms with Gasteiger partial charge < -0.3 is 25.2 Å². The number of carbonyl (C=O) groups excluding carboxylic acids is 7. The SMILES string of the molecule is CN(C)C(=O)[C@@H](NC(=O)CCC(=O)C(=O)C(CC(=O)[C@@H]1[C@@H]2[C@H](CN1C(=O)[C@@H](NC(=O)OC(C)(C)C)C1Cc3ccccc3C1)C2(C)C)CC1CC1)c1ccccc1. The molecule has 12 heteroatoms. The second-order valence-electron chi connectivity index (χ2n) is 18.4. The van der Waals surface area contributed by atoms with Crippen LogP contribution in [0.4, 0.5) is 4.79 Å². The zero-order valence-corrected chi connectivity index (χ0v) is 34.3. The summed E-state index contributed by atoms with van der Waals surface area (Å²) in [6.45, 7) is 9.81. The van der Waals surface area contributed by atoms with Crippen LogP contribution in [0.15, 0.2) is 54.6 Å². The Bertz CT molecular complexity index is 1870. The highest BCUT2D eigenvalue weighted by molar-refractivity contribution is 6.38. The minimum absolute atomic E-state index is 0.0789. The summed E-state index contributed by atoms with van der Waals surface area (Å²) >= 11 is 0. The van der Waals surface area contributed by atoms with Crippen LogP contribution < -0.4 is 10.6 Å². The van der Waals surface area contributed by atoms with Gasteiger partial charge in [0.2, 0.25) is 23.5 Å². The van der Waals surface area contributed by atoms with Crippen LogP contribution >= 0.6 is 0 Å². The third-order valence-corrected chi connectivity index (χ3v) is 12.4. The summed E-state index contributed by atoms with van der Waals surface area (Å²) in [5, 5.41) is 5.60. The van der Waals surface area contributed by atoms with Crippen LogP contribution in [0.2, 0.25) is 0 Å². The average Bonchev–Trinajstić information content (AvgIpc) is 3.91. The monoisotopic (exact) mass is 782 g/mol. The fraction of sp³-hybridized carbons (Fsp3) is 0.578. The highest BCUT2D eigenvalue weighted by Crippen LogP contribution is 2.65. The van der Waals surface area contributed by atoms with Gasteiger partial charge in [0.25, 0.3) is 0 Å². The summed E-state index contributed by atoms with van der Waals surface area (Å²) < 4.78 is 5.59. The van der Waals surface area contributed by atoms with Crippen molar-refractivity contribution in [3.05, 3.63) is 71.3 Å². The summed E-state index contributed by atoms with van der Waals surface area (Å²) in [6, 6.07) is 14.1. The number of likely N-dealkylation sites (tertiary alicyclic amines) is 1. The third-order valence-electron chi connectivity index (χ3n) is 12.4. The van der Waals surface area contributed by atoms with E-state index in [0.29, 0.717) is 31.4 Å². The predicted octanol–water partition coefficient (Wildman–Crippen LogP) is 5.02. The highest BCUT2D eigenvalue weighted by Gasteiger charge is 2.69. The van der Waals surface area contributed by atoms with E-state index in [9.17, 15) is 33.6 Å². The van der Waals surface area contributed by atoms with Crippen molar-refractivity contribution in [2.75, 3.05) is 20.6 Å². The number of benzene rings is 2. The van der Waals surface area contributed by atoms with Gasteiger partial charge >= 0.3 is 6.09 Å². The molecule has 57 heavy (non-hydrogen) atoms. The Balaban J connectivity index is 1.15. The molecule has 2 N–H and O–H groups in total. The lowest BCUT2D eigenvalue weighted by Gasteiger charge is -2.35. The first-order chi connectivity index (χ1) is 26.9. The van der Waals surface area contributed by atoms with E-state index >= 15 is 0 Å². The molecule has 1 unspecified atom stereocenters. The largest absolute Gasteiger partial charge is 0.444 e. The van der Waals surface area contributed by atoms with Crippen molar-refractivity contribution in [1.29, 1.82) is 0 Å². The van der Waals surface area contributed by atoms with Crippen molar-refractivity contribution in [1.82, 2.24) is 20.4 Å². The number of carbonyl (C=O) groups is 7. The van der Waals surface area contributed by atoms with Crippen LogP contribution in [0.3, 0.4) is 0 Å². The first kappa shape index (κ1) is 41.8. The zero-order valence-electron chi connectivity index (χ0n) is 34.3. The quantitative estimate of drug-likeness (QED) is 0.225. The predicted molar refractivity (Wildman–Crippen MR) is 212 cm³/mol. The number of hydrogen-bond acceptors (Lipinski definition) is 8. The molecule has 1 aliphatic heterocycles. The molecule has 1 saturated heterocycles. The van der Waals surface area contributed by atoms with E-state index < -0.39 is 53.2 Å². The Kier molecular flexibility index (Phi) is 12.1. The van der Waals surface area contributed by atoms with E-state index in [4.69, 9.17) is 4.74 Å². The molecule has 0 bridgehead atoms. The number of fused-ring (bicyclic) bond motifs is 2. The maximum absolute atomic E-state index is 14.7. The second kappa shape index (κ2) is 16.5. The molecule has 3 aliphatic carbocycles. The average molecular weight is 783 g/mol. The molecule has 306 valence electrons. The number of nitrogens with zero attached hydrogens (tertiary/aromatic N) is 2. The number of ketones is 3. The molecule has 0 aromatic heterocycles. The van der Waals surface area contributed by atoms with E-state index in [-0.39, 0.29) is 65.9 Å². The van der Waals surface area contributed by atoms with Gasteiger partial charge in [-0.25, -0.2) is 4.79 Å². The maximum Gasteiger partial charge on any atom is 0.408 e. The number of alkyl carbamates (subject to hydrolysis) is 1. The summed E-state index contributed by atoms with van der Waals surface area (Å²) in [5.41, 5.74) is 1.85. The number of nitrogens with one attached hydrogen (secondary N) is 2. The van der Waals surface area contributed by atoms with Gasteiger partial charge in [0.05, 0.1) is 6.04 Å². The molecule has 1 heterocycles. The Morgan fingerprint density at radius 2 is 1.49 bits per heavy atom. The number of ether oxygens (including phenoxy) is 1. The van der Waals surface area contributed by atoms with Gasteiger partial charge in [-0.05, 0) is 85.8 Å². The first-order valence-corrected chi connectivity index (χ1v) is 20.4. The topological polar surface area (TPSA) is 159 Å². The normalized spacial score (nSPS) is 22.3. The van der Waals surface area contributed by atoms with Gasteiger partial charge in [-0.3, -0.25) is 28.8 Å². The lowest BCUT2D eigenvalue weighted by atomic mass is 9.85. The van der Waals surface area contributed by atoms with Crippen LogP contribution in [-0.2, 0) is 46.3 Å². The van der Waals surface area contributed by atoms with Gasteiger partial charge in [-0.2, -0.15) is 0 Å². The van der Waals surface area contributed by atoms with Crippen LogP contribution in [0, 0.1) is 35.0 Å². The fourth-order valence-electron chi connectivity index (χ4n) is 9.11. The van der Waals surface area contributed by atoms with Gasteiger partial charge in [0.15, 0.2) is 11.6 Å². The summed E-state index contributed by atoms with van der Waals surface area (Å²) in [5.74, 6) is -3.81. The highest BCUT2D eigenvalue weighted by atomic mass is 16.6. The molecule has 4 aliphatic rings. The Hall–Kier alpha value is -4.87. The van der Waals surface area contributed by atoms with Gasteiger partial charge in [-0.1, -0.05) is 81.3 Å². The van der Waals surface area contributed by atoms with Crippen LogP contribution in [0.5, 0.6) is 0 Å². The Morgan fingerprint density at radius 3 is 2.07 bits per heavy atom. The van der Waals surface area contributed by atoms with E-state index in [2.05, 4.69) is 24.5 Å². The van der Waals surface area contributed by atoms with Crippen molar-refractivity contribution in [3.63, 3.8) is 0 Å². The lowest BCUT2D eigenvalue weighted by molar-refractivity contribution is -0.144.